The third-order valence-electron chi connectivity index (χ3n) is 3.48. The van der Waals surface area contributed by atoms with Crippen LogP contribution in [0.2, 0.25) is 0 Å². The van der Waals surface area contributed by atoms with Crippen LogP contribution in [0.3, 0.4) is 0 Å². The van der Waals surface area contributed by atoms with E-state index in [0.717, 1.165) is 26.1 Å². The molecular formula is C11H21NO2. The molecular weight excluding hydrogens is 178 g/mol. The topological polar surface area (TPSA) is 32.7 Å². The molecule has 0 saturated carbocycles. The normalized spacial score (nSPS) is 37.1. The lowest BCUT2D eigenvalue weighted by molar-refractivity contribution is -0.113. The van der Waals surface area contributed by atoms with E-state index in [9.17, 15) is 5.11 Å². The Kier molecular flexibility index (Phi) is 2.82. The molecule has 2 unspecified atom stereocenters. The summed E-state index contributed by atoms with van der Waals surface area (Å²) in [6.45, 7) is 6.85. The van der Waals surface area contributed by atoms with Crippen molar-refractivity contribution in [3.63, 3.8) is 0 Å². The van der Waals surface area contributed by atoms with Crippen LogP contribution < -0.4 is 0 Å². The van der Waals surface area contributed by atoms with Gasteiger partial charge in [0, 0.05) is 19.6 Å². The third kappa shape index (κ3) is 2.10. The fraction of sp³-hybridized carbons (Fsp3) is 1.00. The number of hydrogen-bond acceptors (Lipinski definition) is 3. The Hall–Kier alpha value is -0.120. The van der Waals surface area contributed by atoms with Gasteiger partial charge in [-0.1, -0.05) is 6.92 Å². The highest BCUT2D eigenvalue weighted by molar-refractivity contribution is 4.95. The van der Waals surface area contributed by atoms with Crippen LogP contribution in [0.1, 0.15) is 33.1 Å². The molecule has 2 atom stereocenters. The summed E-state index contributed by atoms with van der Waals surface area (Å²) in [6, 6.07) is 0. The first-order chi connectivity index (χ1) is 6.61. The molecule has 2 fully saturated rings. The number of β-amino-alcohol motifs (C(OH)–C–C–N with tert-alkyl or cyclic N) is 1. The number of ether oxygens (including phenoxy) is 1. The van der Waals surface area contributed by atoms with Crippen LogP contribution in [0, 0.1) is 0 Å². The average molecular weight is 199 g/mol. The molecule has 0 amide bonds. The molecule has 2 heterocycles. The zero-order chi connectivity index (χ0) is 10.2. The van der Waals surface area contributed by atoms with Gasteiger partial charge in [-0.2, -0.15) is 0 Å². The van der Waals surface area contributed by atoms with Gasteiger partial charge in [-0.25, -0.2) is 0 Å². The van der Waals surface area contributed by atoms with Crippen molar-refractivity contribution in [2.45, 2.75) is 50.9 Å². The smallest absolute Gasteiger partial charge is 0.0897 e. The van der Waals surface area contributed by atoms with Gasteiger partial charge in [-0.05, 0) is 26.2 Å². The Morgan fingerprint density at radius 1 is 1.43 bits per heavy atom. The highest BCUT2D eigenvalue weighted by Crippen LogP contribution is 2.27. The third-order valence-corrected chi connectivity index (χ3v) is 3.48. The SMILES string of the molecule is CCC1(O)CN(CC2CCC(C)O2)C1. The fourth-order valence-electron chi connectivity index (χ4n) is 2.45. The van der Waals surface area contributed by atoms with Gasteiger partial charge >= 0.3 is 0 Å². The molecule has 0 aromatic carbocycles. The Labute approximate surface area is 86.0 Å². The zero-order valence-electron chi connectivity index (χ0n) is 9.20. The Balaban J connectivity index is 1.69. The van der Waals surface area contributed by atoms with E-state index >= 15 is 0 Å². The van der Waals surface area contributed by atoms with Crippen LogP contribution in [0.4, 0.5) is 0 Å². The van der Waals surface area contributed by atoms with Gasteiger partial charge in [-0.15, -0.1) is 0 Å². The number of hydrogen-bond donors (Lipinski definition) is 1. The monoisotopic (exact) mass is 199 g/mol. The molecule has 0 bridgehead atoms. The maximum atomic E-state index is 9.83. The molecule has 82 valence electrons. The number of nitrogens with zero attached hydrogens (tertiary/aromatic N) is 1. The van der Waals surface area contributed by atoms with Crippen molar-refractivity contribution in [1.29, 1.82) is 0 Å². The van der Waals surface area contributed by atoms with Gasteiger partial charge in [0.25, 0.3) is 0 Å². The van der Waals surface area contributed by atoms with Crippen LogP contribution in [0.15, 0.2) is 0 Å². The molecule has 0 aromatic heterocycles. The summed E-state index contributed by atoms with van der Waals surface area (Å²) in [7, 11) is 0. The lowest BCUT2D eigenvalue weighted by Gasteiger charge is -2.47. The van der Waals surface area contributed by atoms with Crippen LogP contribution in [-0.4, -0.2) is 47.4 Å². The molecule has 0 aliphatic carbocycles. The number of likely N-dealkylation sites (tertiary alicyclic amines) is 1. The number of rotatable bonds is 3. The summed E-state index contributed by atoms with van der Waals surface area (Å²) >= 11 is 0. The molecule has 2 aliphatic heterocycles. The Bertz CT molecular complexity index is 201. The fourth-order valence-corrected chi connectivity index (χ4v) is 2.45. The summed E-state index contributed by atoms with van der Waals surface area (Å²) in [4.78, 5) is 2.30. The van der Waals surface area contributed by atoms with Crippen molar-refractivity contribution in [2.24, 2.45) is 0 Å². The minimum absolute atomic E-state index is 0.399. The van der Waals surface area contributed by atoms with E-state index in [2.05, 4.69) is 11.8 Å². The second-order valence-electron chi connectivity index (χ2n) is 4.89. The van der Waals surface area contributed by atoms with E-state index < -0.39 is 5.60 Å². The van der Waals surface area contributed by atoms with E-state index in [-0.39, 0.29) is 0 Å². The lowest BCUT2D eigenvalue weighted by Crippen LogP contribution is -2.62. The summed E-state index contributed by atoms with van der Waals surface area (Å²) < 4.78 is 5.75. The first-order valence-corrected chi connectivity index (χ1v) is 5.71. The molecule has 0 spiro atoms. The van der Waals surface area contributed by atoms with Gasteiger partial charge in [0.05, 0.1) is 17.8 Å². The minimum Gasteiger partial charge on any atom is -0.387 e. The molecule has 3 heteroatoms. The largest absolute Gasteiger partial charge is 0.387 e. The van der Waals surface area contributed by atoms with E-state index in [1.165, 1.54) is 12.8 Å². The first-order valence-electron chi connectivity index (χ1n) is 5.71. The average Bonchev–Trinajstić information content (AvgIpc) is 2.48. The molecule has 2 aliphatic rings. The van der Waals surface area contributed by atoms with Crippen molar-refractivity contribution in [3.05, 3.63) is 0 Å². The van der Waals surface area contributed by atoms with Gasteiger partial charge in [0.1, 0.15) is 0 Å². The van der Waals surface area contributed by atoms with E-state index in [1.807, 2.05) is 6.92 Å². The van der Waals surface area contributed by atoms with Crippen molar-refractivity contribution in [3.8, 4) is 0 Å². The highest BCUT2D eigenvalue weighted by Gasteiger charge is 2.40. The molecule has 3 nitrogen and oxygen atoms in total. The molecule has 2 saturated heterocycles. The van der Waals surface area contributed by atoms with Gasteiger partial charge in [0.15, 0.2) is 0 Å². The Morgan fingerprint density at radius 2 is 2.14 bits per heavy atom. The van der Waals surface area contributed by atoms with Gasteiger partial charge in [0.2, 0.25) is 0 Å². The summed E-state index contributed by atoms with van der Waals surface area (Å²) in [5.74, 6) is 0. The van der Waals surface area contributed by atoms with E-state index in [4.69, 9.17) is 4.74 Å². The molecule has 14 heavy (non-hydrogen) atoms. The van der Waals surface area contributed by atoms with Gasteiger partial charge in [-0.3, -0.25) is 4.90 Å². The van der Waals surface area contributed by atoms with Gasteiger partial charge < -0.3 is 9.84 Å². The van der Waals surface area contributed by atoms with E-state index in [0.29, 0.717) is 12.2 Å². The number of aliphatic hydroxyl groups is 1. The van der Waals surface area contributed by atoms with Crippen LogP contribution in [0.25, 0.3) is 0 Å². The molecule has 1 N–H and O–H groups in total. The van der Waals surface area contributed by atoms with Crippen LogP contribution in [0.5, 0.6) is 0 Å². The second kappa shape index (κ2) is 3.80. The van der Waals surface area contributed by atoms with Crippen LogP contribution >= 0.6 is 0 Å². The van der Waals surface area contributed by atoms with Crippen molar-refractivity contribution in [2.75, 3.05) is 19.6 Å². The zero-order valence-corrected chi connectivity index (χ0v) is 9.20. The van der Waals surface area contributed by atoms with Crippen LogP contribution in [-0.2, 0) is 4.74 Å². The summed E-state index contributed by atoms with van der Waals surface area (Å²) in [6.07, 6.45) is 4.09. The Morgan fingerprint density at radius 3 is 2.64 bits per heavy atom. The second-order valence-corrected chi connectivity index (χ2v) is 4.89. The quantitative estimate of drug-likeness (QED) is 0.736. The highest BCUT2D eigenvalue weighted by atomic mass is 16.5. The summed E-state index contributed by atoms with van der Waals surface area (Å²) in [5.41, 5.74) is -0.399. The maximum absolute atomic E-state index is 9.83. The first kappa shape index (κ1) is 10.4. The van der Waals surface area contributed by atoms with E-state index in [1.54, 1.807) is 0 Å². The van der Waals surface area contributed by atoms with Crippen molar-refractivity contribution >= 4 is 0 Å². The predicted octanol–water partition coefficient (Wildman–Crippen LogP) is 1.01. The maximum Gasteiger partial charge on any atom is 0.0897 e. The predicted molar refractivity (Wildman–Crippen MR) is 55.2 cm³/mol. The standard InChI is InChI=1S/C11H21NO2/c1-3-11(13)7-12(8-11)6-10-5-4-9(2)14-10/h9-10,13H,3-8H2,1-2H3. The molecule has 0 aromatic rings. The van der Waals surface area contributed by atoms with Crippen molar-refractivity contribution < 1.29 is 9.84 Å². The molecule has 2 rings (SSSR count). The molecule has 0 radical (unpaired) electrons. The lowest BCUT2D eigenvalue weighted by atomic mass is 9.91. The summed E-state index contributed by atoms with van der Waals surface area (Å²) in [5, 5.41) is 9.83. The minimum atomic E-state index is -0.399. The van der Waals surface area contributed by atoms with Crippen molar-refractivity contribution in [1.82, 2.24) is 4.90 Å².